The van der Waals surface area contributed by atoms with E-state index in [2.05, 4.69) is 5.32 Å². The average molecular weight is 191 g/mol. The third-order valence-electron chi connectivity index (χ3n) is 1.66. The van der Waals surface area contributed by atoms with Crippen molar-refractivity contribution in [1.29, 1.82) is 0 Å². The Balaban J connectivity index is 3.80. The summed E-state index contributed by atoms with van der Waals surface area (Å²) in [6.45, 7) is 7.15. The van der Waals surface area contributed by atoms with Gasteiger partial charge in [0.15, 0.2) is 0 Å². The summed E-state index contributed by atoms with van der Waals surface area (Å²) in [5, 5.41) is 3.09. The molecule has 0 saturated carbocycles. The zero-order chi connectivity index (χ0) is 9.45. The first kappa shape index (κ1) is 12.1. The Labute approximate surface area is 78.2 Å². The molecule has 0 fully saturated rings. The number of rotatable bonds is 7. The highest BCUT2D eigenvalue weighted by Gasteiger charge is 2.23. The molecule has 74 valence electrons. The molecule has 0 aliphatic heterocycles. The van der Waals surface area contributed by atoms with E-state index >= 15 is 0 Å². The minimum Gasteiger partial charge on any atom is -0.379 e. The summed E-state index contributed by atoms with van der Waals surface area (Å²) >= 11 is 0. The fourth-order valence-electron chi connectivity index (χ4n) is 1.18. The van der Waals surface area contributed by atoms with E-state index in [1.165, 1.54) is 0 Å². The molecule has 12 heavy (non-hydrogen) atoms. The molecule has 0 amide bonds. The Morgan fingerprint density at radius 1 is 1.33 bits per heavy atom. The fraction of sp³-hybridized carbons (Fsp3) is 1.00. The Morgan fingerprint density at radius 3 is 2.42 bits per heavy atom. The Bertz CT molecular complexity index is 105. The van der Waals surface area contributed by atoms with Gasteiger partial charge < -0.3 is 14.8 Å². The van der Waals surface area contributed by atoms with Crippen LogP contribution in [0.5, 0.6) is 0 Å². The normalized spacial score (nSPS) is 16.2. The van der Waals surface area contributed by atoms with Gasteiger partial charge in [0.2, 0.25) is 0 Å². The van der Waals surface area contributed by atoms with Crippen molar-refractivity contribution in [3.05, 3.63) is 0 Å². The molecule has 0 rings (SSSR count). The maximum Gasteiger partial charge on any atom is 0.0831 e. The lowest BCUT2D eigenvalue weighted by Gasteiger charge is -2.29. The van der Waals surface area contributed by atoms with Gasteiger partial charge in [0.1, 0.15) is 0 Å². The van der Waals surface area contributed by atoms with Crippen LogP contribution >= 0.6 is 0 Å². The van der Waals surface area contributed by atoms with Crippen LogP contribution in [0.3, 0.4) is 0 Å². The molecule has 1 N–H and O–H groups in total. The van der Waals surface area contributed by atoms with Crippen LogP contribution in [0, 0.1) is 0 Å². The molecule has 3 nitrogen and oxygen atoms in total. The third kappa shape index (κ3) is 4.87. The maximum atomic E-state index is 5.65. The molecule has 1 unspecified atom stereocenters. The van der Waals surface area contributed by atoms with Crippen LogP contribution in [-0.4, -0.2) is 48.9 Å². The van der Waals surface area contributed by atoms with Crippen LogP contribution in [0.2, 0.25) is 0 Å². The largest absolute Gasteiger partial charge is 0.379 e. The molecule has 0 radical (unpaired) electrons. The van der Waals surface area contributed by atoms with Crippen molar-refractivity contribution >= 4 is 10.2 Å². The molecule has 0 aromatic heterocycles. The molecule has 0 aromatic rings. The van der Waals surface area contributed by atoms with E-state index in [0.717, 1.165) is 30.0 Å². The zero-order valence-corrected chi connectivity index (χ0v) is 10.6. The Kier molecular flexibility index (Phi) is 6.65. The summed E-state index contributed by atoms with van der Waals surface area (Å²) in [4.78, 5) is 0. The van der Waals surface area contributed by atoms with Crippen LogP contribution < -0.4 is 5.32 Å². The zero-order valence-electron chi connectivity index (χ0n) is 8.64. The SMILES string of the molecule is CCOCC([SiH3])(CNC)OCC. The van der Waals surface area contributed by atoms with Crippen LogP contribution in [0.15, 0.2) is 0 Å². The van der Waals surface area contributed by atoms with E-state index in [-0.39, 0.29) is 5.22 Å². The number of likely N-dealkylation sites (N-methyl/N-ethyl adjacent to an activating group) is 1. The van der Waals surface area contributed by atoms with Crippen molar-refractivity contribution in [3.63, 3.8) is 0 Å². The van der Waals surface area contributed by atoms with Crippen LogP contribution in [0.4, 0.5) is 0 Å². The average Bonchev–Trinajstić information content (AvgIpc) is 2.02. The lowest BCUT2D eigenvalue weighted by Crippen LogP contribution is -2.46. The molecule has 0 aliphatic carbocycles. The highest BCUT2D eigenvalue weighted by atomic mass is 28.1. The van der Waals surface area contributed by atoms with Gasteiger partial charge in [-0.05, 0) is 20.9 Å². The summed E-state index contributed by atoms with van der Waals surface area (Å²) in [6.07, 6.45) is 0. The highest BCUT2D eigenvalue weighted by molar-refractivity contribution is 6.14. The summed E-state index contributed by atoms with van der Waals surface area (Å²) in [5.74, 6) is 0. The molecule has 0 aromatic carbocycles. The van der Waals surface area contributed by atoms with Crippen LogP contribution in [0.25, 0.3) is 0 Å². The van der Waals surface area contributed by atoms with Gasteiger partial charge >= 0.3 is 0 Å². The second kappa shape index (κ2) is 6.60. The van der Waals surface area contributed by atoms with Crippen molar-refractivity contribution in [3.8, 4) is 0 Å². The number of nitrogens with one attached hydrogen (secondary N) is 1. The number of ether oxygens (including phenoxy) is 2. The van der Waals surface area contributed by atoms with E-state index in [0.29, 0.717) is 6.61 Å². The molecular formula is C8H21NO2Si. The first-order valence-corrected chi connectivity index (χ1v) is 5.55. The quantitative estimate of drug-likeness (QED) is 0.542. The van der Waals surface area contributed by atoms with E-state index in [9.17, 15) is 0 Å². The van der Waals surface area contributed by atoms with Gasteiger partial charge in [-0.3, -0.25) is 0 Å². The molecule has 0 saturated heterocycles. The van der Waals surface area contributed by atoms with Crippen molar-refractivity contribution in [2.24, 2.45) is 0 Å². The van der Waals surface area contributed by atoms with Crippen LogP contribution in [-0.2, 0) is 9.47 Å². The van der Waals surface area contributed by atoms with Crippen molar-refractivity contribution in [1.82, 2.24) is 5.32 Å². The molecule has 0 spiro atoms. The van der Waals surface area contributed by atoms with Crippen molar-refractivity contribution in [2.75, 3.05) is 33.4 Å². The lowest BCUT2D eigenvalue weighted by atomic mass is 10.3. The predicted octanol–water partition coefficient (Wildman–Crippen LogP) is -0.659. The molecule has 0 heterocycles. The molecule has 0 bridgehead atoms. The summed E-state index contributed by atoms with van der Waals surface area (Å²) in [5.41, 5.74) is 0. The lowest BCUT2D eigenvalue weighted by molar-refractivity contribution is -0.0357. The summed E-state index contributed by atoms with van der Waals surface area (Å²) in [7, 11) is 2.93. The van der Waals surface area contributed by atoms with Gasteiger partial charge in [-0.25, -0.2) is 0 Å². The first-order chi connectivity index (χ1) is 5.68. The van der Waals surface area contributed by atoms with Gasteiger partial charge in [-0.15, -0.1) is 0 Å². The molecule has 0 aliphatic rings. The van der Waals surface area contributed by atoms with Crippen LogP contribution in [0.1, 0.15) is 13.8 Å². The Morgan fingerprint density at radius 2 is 2.00 bits per heavy atom. The molecular weight excluding hydrogens is 170 g/mol. The van der Waals surface area contributed by atoms with Gasteiger partial charge in [0.05, 0.1) is 11.8 Å². The topological polar surface area (TPSA) is 30.5 Å². The minimum absolute atomic E-state index is 0.0422. The van der Waals surface area contributed by atoms with Gasteiger partial charge in [-0.1, -0.05) is 0 Å². The van der Waals surface area contributed by atoms with Gasteiger partial charge in [0, 0.05) is 30.0 Å². The Hall–Kier alpha value is 0.0969. The second-order valence-electron chi connectivity index (χ2n) is 3.05. The van der Waals surface area contributed by atoms with E-state index < -0.39 is 0 Å². The van der Waals surface area contributed by atoms with Gasteiger partial charge in [-0.2, -0.15) is 0 Å². The molecule has 1 atom stereocenters. The van der Waals surface area contributed by atoms with Gasteiger partial charge in [0.25, 0.3) is 0 Å². The predicted molar refractivity (Wildman–Crippen MR) is 54.7 cm³/mol. The highest BCUT2D eigenvalue weighted by Crippen LogP contribution is 2.05. The molecule has 4 heteroatoms. The smallest absolute Gasteiger partial charge is 0.0831 e. The second-order valence-corrected chi connectivity index (χ2v) is 4.87. The van der Waals surface area contributed by atoms with Crippen molar-refractivity contribution < 1.29 is 9.47 Å². The first-order valence-electron chi connectivity index (χ1n) is 4.55. The minimum atomic E-state index is -0.0422. The monoisotopic (exact) mass is 191 g/mol. The van der Waals surface area contributed by atoms with Crippen molar-refractivity contribution in [2.45, 2.75) is 19.1 Å². The fourth-order valence-corrected chi connectivity index (χ4v) is 2.03. The van der Waals surface area contributed by atoms with E-state index in [1.54, 1.807) is 0 Å². The summed E-state index contributed by atoms with van der Waals surface area (Å²) < 4.78 is 11.0. The third-order valence-corrected chi connectivity index (χ3v) is 2.59. The van der Waals surface area contributed by atoms with E-state index in [4.69, 9.17) is 9.47 Å². The number of hydrogen-bond acceptors (Lipinski definition) is 3. The maximum absolute atomic E-state index is 5.65. The summed E-state index contributed by atoms with van der Waals surface area (Å²) in [6, 6.07) is 0. The standard InChI is InChI=1S/C8H21NO2Si/c1-4-10-7-8(12,6-9-3)11-5-2/h9H,4-7H2,1-3,12H3. The van der Waals surface area contributed by atoms with E-state index in [1.807, 2.05) is 20.9 Å². The number of hydrogen-bond donors (Lipinski definition) is 1.